The molecule has 1 aromatic carbocycles. The smallest absolute Gasteiger partial charge is 0.354 e. The molecule has 0 saturated heterocycles. The SMILES string of the molecule is COC(=O)c1cc2c(F)c(F)c(F)cc2n1C. The van der Waals surface area contributed by atoms with Gasteiger partial charge in [-0.1, -0.05) is 0 Å². The van der Waals surface area contributed by atoms with Crippen LogP contribution in [-0.2, 0) is 11.8 Å². The van der Waals surface area contributed by atoms with E-state index in [1.807, 2.05) is 0 Å². The van der Waals surface area contributed by atoms with E-state index in [9.17, 15) is 18.0 Å². The summed E-state index contributed by atoms with van der Waals surface area (Å²) < 4.78 is 45.2. The first-order valence-electron chi connectivity index (χ1n) is 4.68. The third-order valence-electron chi connectivity index (χ3n) is 2.58. The summed E-state index contributed by atoms with van der Waals surface area (Å²) in [5.74, 6) is -4.87. The molecule has 6 heteroatoms. The van der Waals surface area contributed by atoms with Gasteiger partial charge in [0.05, 0.1) is 12.6 Å². The van der Waals surface area contributed by atoms with Crippen molar-refractivity contribution in [1.82, 2.24) is 4.57 Å². The van der Waals surface area contributed by atoms with Gasteiger partial charge < -0.3 is 9.30 Å². The second-order valence-corrected chi connectivity index (χ2v) is 3.50. The molecule has 2 rings (SSSR count). The molecule has 0 bridgehead atoms. The highest BCUT2D eigenvalue weighted by molar-refractivity contribution is 5.95. The normalized spacial score (nSPS) is 10.9. The van der Waals surface area contributed by atoms with Crippen molar-refractivity contribution in [3.8, 4) is 0 Å². The lowest BCUT2D eigenvalue weighted by molar-refractivity contribution is 0.0590. The number of carbonyl (C=O) groups excluding carboxylic acids is 1. The average Bonchev–Trinajstić information content (AvgIpc) is 2.64. The van der Waals surface area contributed by atoms with Gasteiger partial charge in [-0.15, -0.1) is 0 Å². The number of benzene rings is 1. The van der Waals surface area contributed by atoms with Gasteiger partial charge in [-0.2, -0.15) is 0 Å². The number of fused-ring (bicyclic) bond motifs is 1. The molecule has 90 valence electrons. The van der Waals surface area contributed by atoms with Gasteiger partial charge in [0.15, 0.2) is 17.5 Å². The summed E-state index contributed by atoms with van der Waals surface area (Å²) in [4.78, 5) is 11.3. The van der Waals surface area contributed by atoms with Crippen LogP contribution >= 0.6 is 0 Å². The van der Waals surface area contributed by atoms with Gasteiger partial charge in [-0.05, 0) is 6.07 Å². The molecule has 3 nitrogen and oxygen atoms in total. The molecule has 0 aliphatic heterocycles. The fourth-order valence-electron chi connectivity index (χ4n) is 1.68. The van der Waals surface area contributed by atoms with Crippen molar-refractivity contribution in [2.75, 3.05) is 7.11 Å². The lowest BCUT2D eigenvalue weighted by Gasteiger charge is -2.02. The highest BCUT2D eigenvalue weighted by atomic mass is 19.2. The summed E-state index contributed by atoms with van der Waals surface area (Å²) in [6.07, 6.45) is 0. The molecule has 0 aliphatic carbocycles. The van der Waals surface area contributed by atoms with Crippen LogP contribution in [0.25, 0.3) is 10.9 Å². The van der Waals surface area contributed by atoms with Crippen molar-refractivity contribution < 1.29 is 22.7 Å². The molecule has 0 aliphatic rings. The maximum Gasteiger partial charge on any atom is 0.354 e. The summed E-state index contributed by atoms with van der Waals surface area (Å²) in [6, 6.07) is 1.96. The molecular weight excluding hydrogens is 235 g/mol. The third-order valence-corrected chi connectivity index (χ3v) is 2.58. The Morgan fingerprint density at radius 1 is 1.24 bits per heavy atom. The van der Waals surface area contributed by atoms with E-state index >= 15 is 0 Å². The Morgan fingerprint density at radius 2 is 1.88 bits per heavy atom. The number of methoxy groups -OCH3 is 1. The van der Waals surface area contributed by atoms with Crippen LogP contribution in [0.3, 0.4) is 0 Å². The van der Waals surface area contributed by atoms with Crippen molar-refractivity contribution >= 4 is 16.9 Å². The topological polar surface area (TPSA) is 31.2 Å². The van der Waals surface area contributed by atoms with Crippen LogP contribution in [0.15, 0.2) is 12.1 Å². The monoisotopic (exact) mass is 243 g/mol. The molecule has 1 aromatic heterocycles. The number of nitrogens with zero attached hydrogens (tertiary/aromatic N) is 1. The predicted molar refractivity (Wildman–Crippen MR) is 54.1 cm³/mol. The van der Waals surface area contributed by atoms with Gasteiger partial charge in [-0.25, -0.2) is 18.0 Å². The molecule has 0 unspecified atom stereocenters. The van der Waals surface area contributed by atoms with Crippen LogP contribution in [0, 0.1) is 17.5 Å². The van der Waals surface area contributed by atoms with E-state index < -0.39 is 23.4 Å². The maximum atomic E-state index is 13.4. The molecule has 0 saturated carbocycles. The van der Waals surface area contributed by atoms with Crippen molar-refractivity contribution in [3.63, 3.8) is 0 Å². The number of aromatic nitrogens is 1. The summed E-state index contributed by atoms with van der Waals surface area (Å²) >= 11 is 0. The molecule has 1 heterocycles. The van der Waals surface area contributed by atoms with Crippen molar-refractivity contribution in [2.24, 2.45) is 7.05 Å². The third kappa shape index (κ3) is 1.56. The van der Waals surface area contributed by atoms with E-state index in [1.165, 1.54) is 11.6 Å². The molecule has 0 atom stereocenters. The molecule has 0 amide bonds. The number of ether oxygens (including phenoxy) is 1. The summed E-state index contributed by atoms with van der Waals surface area (Å²) in [7, 11) is 2.60. The number of hydrogen-bond donors (Lipinski definition) is 0. The van der Waals surface area contributed by atoms with Crippen molar-refractivity contribution in [1.29, 1.82) is 0 Å². The van der Waals surface area contributed by atoms with Gasteiger partial charge in [-0.3, -0.25) is 0 Å². The lowest BCUT2D eigenvalue weighted by atomic mass is 10.2. The van der Waals surface area contributed by atoms with Crippen molar-refractivity contribution in [3.05, 3.63) is 35.3 Å². The van der Waals surface area contributed by atoms with E-state index in [4.69, 9.17) is 0 Å². The standard InChI is InChI=1S/C11H8F3NO2/c1-15-7-4-6(12)10(14)9(13)5(7)3-8(15)11(16)17-2/h3-4H,1-2H3. The van der Waals surface area contributed by atoms with Gasteiger partial charge in [0, 0.05) is 18.5 Å². The van der Waals surface area contributed by atoms with Crippen LogP contribution in [0.2, 0.25) is 0 Å². The number of aryl methyl sites for hydroxylation is 1. The van der Waals surface area contributed by atoms with Crippen molar-refractivity contribution in [2.45, 2.75) is 0 Å². The first-order valence-corrected chi connectivity index (χ1v) is 4.68. The molecule has 17 heavy (non-hydrogen) atoms. The number of hydrogen-bond acceptors (Lipinski definition) is 2. The Labute approximate surface area is 94.4 Å². The minimum absolute atomic E-state index is 0.0198. The van der Waals surface area contributed by atoms with E-state index in [1.54, 1.807) is 0 Å². The first-order chi connectivity index (χ1) is 7.97. The fourth-order valence-corrected chi connectivity index (χ4v) is 1.68. The Hall–Kier alpha value is -1.98. The van der Waals surface area contributed by atoms with E-state index in [0.29, 0.717) is 0 Å². The highest BCUT2D eigenvalue weighted by Gasteiger charge is 2.20. The average molecular weight is 243 g/mol. The minimum atomic E-state index is -1.56. The summed E-state index contributed by atoms with van der Waals surface area (Å²) in [5, 5.41) is -0.160. The molecule has 0 N–H and O–H groups in total. The van der Waals surface area contributed by atoms with Crippen LogP contribution in [0.4, 0.5) is 13.2 Å². The number of rotatable bonds is 1. The van der Waals surface area contributed by atoms with Gasteiger partial charge >= 0.3 is 5.97 Å². The van der Waals surface area contributed by atoms with Gasteiger partial charge in [0.2, 0.25) is 0 Å². The van der Waals surface area contributed by atoms with Crippen LogP contribution in [0.1, 0.15) is 10.5 Å². The lowest BCUT2D eigenvalue weighted by Crippen LogP contribution is -2.07. The van der Waals surface area contributed by atoms with Gasteiger partial charge in [0.1, 0.15) is 5.69 Å². The Kier molecular flexibility index (Phi) is 2.57. The predicted octanol–water partition coefficient (Wildman–Crippen LogP) is 2.38. The number of halogens is 3. The number of esters is 1. The molecule has 0 fully saturated rings. The molecule has 0 radical (unpaired) electrons. The van der Waals surface area contributed by atoms with Crippen LogP contribution < -0.4 is 0 Å². The molecule has 2 aromatic rings. The fraction of sp³-hybridized carbons (Fsp3) is 0.182. The summed E-state index contributed by atoms with van der Waals surface area (Å²) in [5.41, 5.74) is 0.105. The zero-order chi connectivity index (χ0) is 12.7. The number of carbonyl (C=O) groups is 1. The Morgan fingerprint density at radius 3 is 2.47 bits per heavy atom. The minimum Gasteiger partial charge on any atom is -0.464 e. The molecule has 0 spiro atoms. The van der Waals surface area contributed by atoms with Crippen LogP contribution in [-0.4, -0.2) is 17.6 Å². The van der Waals surface area contributed by atoms with Gasteiger partial charge in [0.25, 0.3) is 0 Å². The zero-order valence-electron chi connectivity index (χ0n) is 9.05. The first kappa shape index (κ1) is 11.5. The van der Waals surface area contributed by atoms with E-state index in [-0.39, 0.29) is 16.6 Å². The van der Waals surface area contributed by atoms with E-state index in [0.717, 1.165) is 19.2 Å². The summed E-state index contributed by atoms with van der Waals surface area (Å²) in [6.45, 7) is 0. The second kappa shape index (κ2) is 3.80. The van der Waals surface area contributed by atoms with E-state index in [2.05, 4.69) is 4.74 Å². The van der Waals surface area contributed by atoms with Crippen LogP contribution in [0.5, 0.6) is 0 Å². The highest BCUT2D eigenvalue weighted by Crippen LogP contribution is 2.26. The second-order valence-electron chi connectivity index (χ2n) is 3.50. The quantitative estimate of drug-likeness (QED) is 0.568. The largest absolute Gasteiger partial charge is 0.464 e. The Balaban J connectivity index is 2.83. The zero-order valence-corrected chi connectivity index (χ0v) is 9.05. The maximum absolute atomic E-state index is 13.4. The molecular formula is C11H8F3NO2. The Bertz CT molecular complexity index is 619.